The van der Waals surface area contributed by atoms with Gasteiger partial charge in [0.15, 0.2) is 0 Å². The number of amides is 1. The molecule has 0 bridgehead atoms. The molecule has 142 valence electrons. The molecule has 27 heavy (non-hydrogen) atoms. The van der Waals surface area contributed by atoms with Crippen LogP contribution in [0.4, 0.5) is 5.69 Å². The lowest BCUT2D eigenvalue weighted by Gasteiger charge is -2.33. The summed E-state index contributed by atoms with van der Waals surface area (Å²) in [5, 5.41) is 0.529. The molecule has 1 saturated heterocycles. The van der Waals surface area contributed by atoms with E-state index in [1.807, 2.05) is 0 Å². The molecule has 7 heteroatoms. The average molecular weight is 405 g/mol. The number of anilines is 1. The summed E-state index contributed by atoms with van der Waals surface area (Å²) >= 11 is 6.16. The number of fused-ring (bicyclic) bond motifs is 3. The van der Waals surface area contributed by atoms with Crippen molar-refractivity contribution < 1.29 is 13.2 Å². The van der Waals surface area contributed by atoms with E-state index < -0.39 is 10.0 Å². The van der Waals surface area contributed by atoms with Crippen molar-refractivity contribution in [3.8, 4) is 11.1 Å². The predicted octanol–water partition coefficient (Wildman–Crippen LogP) is 3.92. The van der Waals surface area contributed by atoms with E-state index in [1.165, 1.54) is 4.31 Å². The minimum Gasteiger partial charge on any atom is -0.341 e. The largest absolute Gasteiger partial charge is 0.341 e. The summed E-state index contributed by atoms with van der Waals surface area (Å²) in [5.74, 6) is -0.152. The van der Waals surface area contributed by atoms with Crippen LogP contribution in [0.1, 0.15) is 25.7 Å². The molecule has 2 aliphatic heterocycles. The molecule has 2 aliphatic rings. The van der Waals surface area contributed by atoms with Crippen molar-refractivity contribution in [2.24, 2.45) is 0 Å². The lowest BCUT2D eigenvalue weighted by molar-refractivity contribution is -0.129. The van der Waals surface area contributed by atoms with Gasteiger partial charge in [0.2, 0.25) is 5.91 Å². The highest BCUT2D eigenvalue weighted by Gasteiger charge is 2.36. The Morgan fingerprint density at radius 2 is 1.67 bits per heavy atom. The number of hydrogen-bond acceptors (Lipinski definition) is 3. The van der Waals surface area contributed by atoms with Crippen LogP contribution in [0.5, 0.6) is 0 Å². The van der Waals surface area contributed by atoms with Crippen molar-refractivity contribution in [3.05, 3.63) is 47.5 Å². The maximum Gasteiger partial charge on any atom is 0.265 e. The maximum atomic E-state index is 13.3. The standard InChI is InChI=1S/C20H21ClN2O3S/c21-15-9-10-18-17(13-15)16-7-3-4-8-19(16)27(25,26)23(18)14-20(24)22-11-5-1-2-6-12-22/h3-4,7-10,13H,1-2,5-6,11-12,14H2. The third kappa shape index (κ3) is 3.32. The number of likely N-dealkylation sites (tertiary alicyclic amines) is 1. The maximum absolute atomic E-state index is 13.3. The SMILES string of the molecule is O=C(CN1c2ccc(Cl)cc2-c2ccccc2S1(=O)=O)N1CCCCCC1. The smallest absolute Gasteiger partial charge is 0.265 e. The first kappa shape index (κ1) is 18.3. The van der Waals surface area contributed by atoms with Crippen LogP contribution in [0, 0.1) is 0 Å². The Labute approximate surface area is 164 Å². The summed E-state index contributed by atoms with van der Waals surface area (Å²) in [6, 6.07) is 12.0. The van der Waals surface area contributed by atoms with Gasteiger partial charge in [0, 0.05) is 29.2 Å². The van der Waals surface area contributed by atoms with E-state index in [-0.39, 0.29) is 17.3 Å². The fourth-order valence-electron chi connectivity index (χ4n) is 3.82. The summed E-state index contributed by atoms with van der Waals surface area (Å²) < 4.78 is 27.8. The van der Waals surface area contributed by atoms with Gasteiger partial charge in [-0.3, -0.25) is 9.10 Å². The first-order valence-corrected chi connectivity index (χ1v) is 11.0. The third-order valence-corrected chi connectivity index (χ3v) is 7.26. The van der Waals surface area contributed by atoms with Crippen molar-refractivity contribution >= 4 is 33.2 Å². The quantitative estimate of drug-likeness (QED) is 0.762. The lowest BCUT2D eigenvalue weighted by atomic mass is 10.0. The van der Waals surface area contributed by atoms with Gasteiger partial charge in [0.05, 0.1) is 10.6 Å². The molecule has 0 aromatic heterocycles. The van der Waals surface area contributed by atoms with E-state index in [0.717, 1.165) is 31.2 Å². The van der Waals surface area contributed by atoms with Crippen LogP contribution >= 0.6 is 11.6 Å². The van der Waals surface area contributed by atoms with E-state index in [4.69, 9.17) is 11.6 Å². The number of hydrogen-bond donors (Lipinski definition) is 0. The van der Waals surface area contributed by atoms with Gasteiger partial charge in [0.25, 0.3) is 10.0 Å². The van der Waals surface area contributed by atoms with E-state index in [0.29, 0.717) is 29.4 Å². The number of halogens is 1. The molecule has 0 unspecified atom stereocenters. The van der Waals surface area contributed by atoms with E-state index in [2.05, 4.69) is 0 Å². The molecule has 0 saturated carbocycles. The van der Waals surface area contributed by atoms with Crippen LogP contribution in [-0.2, 0) is 14.8 Å². The van der Waals surface area contributed by atoms with Crippen molar-refractivity contribution in [1.82, 2.24) is 4.90 Å². The summed E-state index contributed by atoms with van der Waals surface area (Å²) in [5.41, 5.74) is 1.85. The minimum absolute atomic E-state index is 0.152. The van der Waals surface area contributed by atoms with E-state index in [1.54, 1.807) is 47.4 Å². The van der Waals surface area contributed by atoms with E-state index in [9.17, 15) is 13.2 Å². The zero-order valence-corrected chi connectivity index (χ0v) is 16.5. The zero-order chi connectivity index (χ0) is 19.0. The van der Waals surface area contributed by atoms with Crippen LogP contribution in [0.2, 0.25) is 5.02 Å². The number of rotatable bonds is 2. The third-order valence-electron chi connectivity index (χ3n) is 5.21. The Kier molecular flexibility index (Phi) is 4.86. The Hall–Kier alpha value is -2.05. The molecule has 2 aromatic carbocycles. The molecular formula is C20H21ClN2O3S. The average Bonchev–Trinajstić information content (AvgIpc) is 2.95. The second-order valence-electron chi connectivity index (χ2n) is 6.96. The Morgan fingerprint density at radius 1 is 0.963 bits per heavy atom. The van der Waals surface area contributed by atoms with Gasteiger partial charge in [-0.25, -0.2) is 8.42 Å². The molecule has 5 nitrogen and oxygen atoms in total. The molecule has 1 amide bonds. The molecular weight excluding hydrogens is 384 g/mol. The number of carbonyl (C=O) groups excluding carboxylic acids is 1. The molecule has 0 radical (unpaired) electrons. The van der Waals surface area contributed by atoms with E-state index >= 15 is 0 Å². The molecule has 0 spiro atoms. The summed E-state index contributed by atoms with van der Waals surface area (Å²) in [7, 11) is -3.81. The van der Waals surface area contributed by atoms with Gasteiger partial charge in [-0.15, -0.1) is 0 Å². The number of nitrogens with zero attached hydrogens (tertiary/aromatic N) is 2. The first-order chi connectivity index (χ1) is 13.0. The van der Waals surface area contributed by atoms with Crippen molar-refractivity contribution in [1.29, 1.82) is 0 Å². The van der Waals surface area contributed by atoms with Gasteiger partial charge in [0.1, 0.15) is 6.54 Å². The lowest BCUT2D eigenvalue weighted by Crippen LogP contribution is -2.44. The number of benzene rings is 2. The highest BCUT2D eigenvalue weighted by atomic mass is 35.5. The number of sulfonamides is 1. The van der Waals surface area contributed by atoms with Crippen LogP contribution in [0.3, 0.4) is 0 Å². The Balaban J connectivity index is 1.75. The summed E-state index contributed by atoms with van der Waals surface area (Å²) in [6.07, 6.45) is 4.15. The first-order valence-electron chi connectivity index (χ1n) is 9.18. The minimum atomic E-state index is -3.81. The number of carbonyl (C=O) groups is 1. The van der Waals surface area contributed by atoms with Gasteiger partial charge in [-0.2, -0.15) is 0 Å². The van der Waals surface area contributed by atoms with Gasteiger partial charge in [-0.05, 0) is 37.1 Å². The summed E-state index contributed by atoms with van der Waals surface area (Å²) in [4.78, 5) is 14.9. The highest BCUT2D eigenvalue weighted by Crippen LogP contribution is 2.43. The van der Waals surface area contributed by atoms with Gasteiger partial charge in [-0.1, -0.05) is 42.6 Å². The Morgan fingerprint density at radius 3 is 2.41 bits per heavy atom. The van der Waals surface area contributed by atoms with Crippen molar-refractivity contribution in [2.75, 3.05) is 23.9 Å². The molecule has 0 atom stereocenters. The zero-order valence-electron chi connectivity index (χ0n) is 14.9. The molecule has 1 fully saturated rings. The molecule has 4 rings (SSSR count). The van der Waals surface area contributed by atoms with Crippen LogP contribution in [0.15, 0.2) is 47.4 Å². The van der Waals surface area contributed by atoms with Crippen molar-refractivity contribution in [2.45, 2.75) is 30.6 Å². The van der Waals surface area contributed by atoms with Crippen LogP contribution in [0.25, 0.3) is 11.1 Å². The molecule has 2 aromatic rings. The molecule has 0 aliphatic carbocycles. The van der Waals surface area contributed by atoms with Crippen LogP contribution < -0.4 is 4.31 Å². The predicted molar refractivity (Wildman–Crippen MR) is 106 cm³/mol. The monoisotopic (exact) mass is 404 g/mol. The molecule has 0 N–H and O–H groups in total. The second-order valence-corrected chi connectivity index (χ2v) is 9.23. The Bertz CT molecular complexity index is 982. The fraction of sp³-hybridized carbons (Fsp3) is 0.350. The highest BCUT2D eigenvalue weighted by molar-refractivity contribution is 7.93. The fourth-order valence-corrected chi connectivity index (χ4v) is 5.63. The van der Waals surface area contributed by atoms with Gasteiger partial charge >= 0.3 is 0 Å². The van der Waals surface area contributed by atoms with Gasteiger partial charge < -0.3 is 4.90 Å². The summed E-state index contributed by atoms with van der Waals surface area (Å²) in [6.45, 7) is 1.19. The molecule has 2 heterocycles. The second kappa shape index (κ2) is 7.17. The van der Waals surface area contributed by atoms with Crippen LogP contribution in [-0.4, -0.2) is 38.9 Å². The normalized spacial score (nSPS) is 18.4. The van der Waals surface area contributed by atoms with Crippen molar-refractivity contribution in [3.63, 3.8) is 0 Å². The topological polar surface area (TPSA) is 57.7 Å².